The highest BCUT2D eigenvalue weighted by atomic mass is 32.1. The van der Waals surface area contributed by atoms with Crippen LogP contribution in [0.3, 0.4) is 0 Å². The number of rotatable bonds is 9. The molecule has 7 heteroatoms. The van der Waals surface area contributed by atoms with Crippen LogP contribution in [-0.2, 0) is 20.7 Å². The van der Waals surface area contributed by atoms with Gasteiger partial charge in [0.05, 0.1) is 16.5 Å². The van der Waals surface area contributed by atoms with Crippen LogP contribution < -0.4 is 5.32 Å². The van der Waals surface area contributed by atoms with Crippen LogP contribution in [0.1, 0.15) is 47.8 Å². The van der Waals surface area contributed by atoms with Gasteiger partial charge in [-0.05, 0) is 50.3 Å². The lowest BCUT2D eigenvalue weighted by atomic mass is 10.0. The summed E-state index contributed by atoms with van der Waals surface area (Å²) < 4.78 is 5.33. The third-order valence-electron chi connectivity index (χ3n) is 5.35. The fourth-order valence-corrected chi connectivity index (χ4v) is 4.36. The molecule has 1 N–H and O–H groups in total. The van der Waals surface area contributed by atoms with Crippen LogP contribution in [0, 0.1) is 5.92 Å². The van der Waals surface area contributed by atoms with Crippen molar-refractivity contribution in [2.75, 3.05) is 11.9 Å². The zero-order valence-corrected chi connectivity index (χ0v) is 17.8. The first-order valence-corrected chi connectivity index (χ1v) is 11.3. The molecule has 1 heterocycles. The van der Waals surface area contributed by atoms with E-state index in [9.17, 15) is 14.4 Å². The van der Waals surface area contributed by atoms with E-state index in [0.29, 0.717) is 16.3 Å². The second-order valence-corrected chi connectivity index (χ2v) is 8.91. The number of benzene rings is 1. The van der Waals surface area contributed by atoms with Crippen LogP contribution in [0.5, 0.6) is 0 Å². The van der Waals surface area contributed by atoms with Gasteiger partial charge in [0.15, 0.2) is 0 Å². The number of carbonyl (C=O) groups excluding carboxylic acids is 3. The van der Waals surface area contributed by atoms with Crippen LogP contribution in [0.25, 0.3) is 0 Å². The third kappa shape index (κ3) is 4.90. The van der Waals surface area contributed by atoms with Gasteiger partial charge < -0.3 is 15.0 Å². The smallest absolute Gasteiger partial charge is 0.329 e. The van der Waals surface area contributed by atoms with E-state index in [1.54, 1.807) is 24.0 Å². The van der Waals surface area contributed by atoms with Gasteiger partial charge in [0, 0.05) is 18.4 Å². The van der Waals surface area contributed by atoms with E-state index in [4.69, 9.17) is 4.74 Å². The molecular formula is C23H26N2O4S. The summed E-state index contributed by atoms with van der Waals surface area (Å²) in [6.45, 7) is 2.04. The number of thiophene rings is 1. The van der Waals surface area contributed by atoms with Gasteiger partial charge in [0.1, 0.15) is 6.04 Å². The van der Waals surface area contributed by atoms with Crippen molar-refractivity contribution >= 4 is 34.1 Å². The maximum absolute atomic E-state index is 13.4. The zero-order valence-electron chi connectivity index (χ0n) is 17.0. The average molecular weight is 427 g/mol. The SMILES string of the molecule is CCOC(=O)C(Cc1ccccc1)N(C(=O)c1ccc(NC(=O)C2CC2)s1)C1CC1. The molecule has 0 spiro atoms. The van der Waals surface area contributed by atoms with Crippen LogP contribution in [0.4, 0.5) is 5.00 Å². The number of esters is 1. The zero-order chi connectivity index (χ0) is 21.1. The van der Waals surface area contributed by atoms with Gasteiger partial charge >= 0.3 is 5.97 Å². The first kappa shape index (κ1) is 20.6. The highest BCUT2D eigenvalue weighted by molar-refractivity contribution is 7.18. The minimum absolute atomic E-state index is 0.0170. The van der Waals surface area contributed by atoms with Gasteiger partial charge in [-0.3, -0.25) is 9.59 Å². The quantitative estimate of drug-likeness (QED) is 0.618. The molecule has 2 aromatic rings. The Labute approximate surface area is 180 Å². The summed E-state index contributed by atoms with van der Waals surface area (Å²) in [5, 5.41) is 3.56. The van der Waals surface area contributed by atoms with Crippen molar-refractivity contribution in [3.05, 3.63) is 52.9 Å². The number of hydrogen-bond donors (Lipinski definition) is 1. The van der Waals surface area contributed by atoms with Crippen molar-refractivity contribution in [3.8, 4) is 0 Å². The third-order valence-corrected chi connectivity index (χ3v) is 6.34. The molecule has 4 rings (SSSR count). The summed E-state index contributed by atoms with van der Waals surface area (Å²) in [4.78, 5) is 40.5. The number of nitrogens with one attached hydrogen (secondary N) is 1. The molecule has 1 aromatic carbocycles. The van der Waals surface area contributed by atoms with Crippen molar-refractivity contribution in [1.82, 2.24) is 4.90 Å². The molecule has 2 aliphatic rings. The number of ether oxygens (including phenoxy) is 1. The largest absolute Gasteiger partial charge is 0.464 e. The Bertz CT molecular complexity index is 918. The summed E-state index contributed by atoms with van der Waals surface area (Å²) in [6.07, 6.45) is 4.04. The topological polar surface area (TPSA) is 75.7 Å². The lowest BCUT2D eigenvalue weighted by Gasteiger charge is -2.30. The number of amides is 2. The van der Waals surface area contributed by atoms with Crippen LogP contribution >= 0.6 is 11.3 Å². The summed E-state index contributed by atoms with van der Waals surface area (Å²) in [6, 6.07) is 12.6. The fraction of sp³-hybridized carbons (Fsp3) is 0.435. The molecule has 2 saturated carbocycles. The predicted octanol–water partition coefficient (Wildman–Crippen LogP) is 3.88. The Morgan fingerprint density at radius 1 is 1.10 bits per heavy atom. The second-order valence-electron chi connectivity index (χ2n) is 7.83. The summed E-state index contributed by atoms with van der Waals surface area (Å²) in [5.74, 6) is -0.430. The lowest BCUT2D eigenvalue weighted by molar-refractivity contribution is -0.148. The maximum Gasteiger partial charge on any atom is 0.329 e. The Morgan fingerprint density at radius 2 is 1.83 bits per heavy atom. The monoisotopic (exact) mass is 426 g/mol. The van der Waals surface area contributed by atoms with Gasteiger partial charge in [-0.15, -0.1) is 11.3 Å². The first-order chi connectivity index (χ1) is 14.6. The maximum atomic E-state index is 13.4. The molecule has 0 bridgehead atoms. The van der Waals surface area contributed by atoms with Crippen LogP contribution in [0.2, 0.25) is 0 Å². The number of hydrogen-bond acceptors (Lipinski definition) is 5. The second kappa shape index (κ2) is 9.00. The summed E-state index contributed by atoms with van der Waals surface area (Å²) in [5.41, 5.74) is 0.984. The molecule has 1 atom stereocenters. The molecule has 6 nitrogen and oxygen atoms in total. The minimum atomic E-state index is -0.668. The molecule has 2 aliphatic carbocycles. The lowest BCUT2D eigenvalue weighted by Crippen LogP contribution is -2.48. The first-order valence-electron chi connectivity index (χ1n) is 10.5. The van der Waals surface area contributed by atoms with Gasteiger partial charge in [0.25, 0.3) is 5.91 Å². The Balaban J connectivity index is 1.55. The minimum Gasteiger partial charge on any atom is -0.464 e. The van der Waals surface area contributed by atoms with Crippen molar-refractivity contribution in [2.24, 2.45) is 5.92 Å². The molecule has 0 aliphatic heterocycles. The summed E-state index contributed by atoms with van der Waals surface area (Å²) >= 11 is 1.26. The van der Waals surface area contributed by atoms with Crippen LogP contribution in [-0.4, -0.2) is 41.4 Å². The predicted molar refractivity (Wildman–Crippen MR) is 115 cm³/mol. The van der Waals surface area contributed by atoms with E-state index in [1.165, 1.54) is 11.3 Å². The molecule has 0 saturated heterocycles. The van der Waals surface area contributed by atoms with Crippen molar-refractivity contribution in [1.29, 1.82) is 0 Å². The molecule has 30 heavy (non-hydrogen) atoms. The van der Waals surface area contributed by atoms with Gasteiger partial charge in [-0.25, -0.2) is 4.79 Å². The molecule has 158 valence electrons. The van der Waals surface area contributed by atoms with E-state index < -0.39 is 6.04 Å². The fourth-order valence-electron chi connectivity index (χ4n) is 3.50. The summed E-state index contributed by atoms with van der Waals surface area (Å²) in [7, 11) is 0. The van der Waals surface area contributed by atoms with Gasteiger partial charge in [-0.1, -0.05) is 30.3 Å². The normalized spacial score (nSPS) is 16.6. The average Bonchev–Trinajstić information content (AvgIpc) is 3.67. The molecule has 1 aromatic heterocycles. The van der Waals surface area contributed by atoms with E-state index in [1.807, 2.05) is 30.3 Å². The number of carbonyl (C=O) groups is 3. The van der Waals surface area contributed by atoms with Crippen molar-refractivity contribution < 1.29 is 19.1 Å². The van der Waals surface area contributed by atoms with E-state index in [2.05, 4.69) is 5.32 Å². The molecular weight excluding hydrogens is 400 g/mol. The van der Waals surface area contributed by atoms with Crippen LogP contribution in [0.15, 0.2) is 42.5 Å². The molecule has 1 unspecified atom stereocenters. The highest BCUT2D eigenvalue weighted by Gasteiger charge is 2.42. The molecule has 2 amide bonds. The Kier molecular flexibility index (Phi) is 6.18. The standard InChI is InChI=1S/C23H26N2O4S/c1-2-29-23(28)18(14-15-6-4-3-5-7-15)25(17-10-11-17)22(27)19-12-13-20(30-19)24-21(26)16-8-9-16/h3-7,12-13,16-18H,2,8-11,14H2,1H3,(H,24,26). The van der Waals surface area contributed by atoms with E-state index in [0.717, 1.165) is 31.2 Å². The van der Waals surface area contributed by atoms with Gasteiger partial charge in [-0.2, -0.15) is 0 Å². The van der Waals surface area contributed by atoms with Crippen molar-refractivity contribution in [2.45, 2.75) is 51.1 Å². The molecule has 0 radical (unpaired) electrons. The Hall–Kier alpha value is -2.67. The highest BCUT2D eigenvalue weighted by Crippen LogP contribution is 2.35. The van der Waals surface area contributed by atoms with E-state index >= 15 is 0 Å². The van der Waals surface area contributed by atoms with E-state index in [-0.39, 0.29) is 36.4 Å². The molecule has 2 fully saturated rings. The van der Waals surface area contributed by atoms with Gasteiger partial charge in [0.2, 0.25) is 5.91 Å². The number of nitrogens with zero attached hydrogens (tertiary/aromatic N) is 1. The van der Waals surface area contributed by atoms with Crippen molar-refractivity contribution in [3.63, 3.8) is 0 Å². The number of anilines is 1. The Morgan fingerprint density at radius 3 is 2.47 bits per heavy atom.